The zero-order chi connectivity index (χ0) is 8.81. The van der Waals surface area contributed by atoms with Gasteiger partial charge in [0.15, 0.2) is 0 Å². The molecule has 0 aliphatic rings. The molecular formula is C9H15NOS. The lowest BCUT2D eigenvalue weighted by Crippen LogP contribution is -2.26. The van der Waals surface area contributed by atoms with Crippen LogP contribution in [0.5, 0.6) is 0 Å². The summed E-state index contributed by atoms with van der Waals surface area (Å²) in [7, 11) is 0. The summed E-state index contributed by atoms with van der Waals surface area (Å²) in [6.07, 6.45) is 0.818. The molecule has 1 rings (SSSR count). The van der Waals surface area contributed by atoms with E-state index in [9.17, 15) is 0 Å². The van der Waals surface area contributed by atoms with Crippen molar-refractivity contribution in [3.8, 4) is 0 Å². The number of hydrogen-bond acceptors (Lipinski definition) is 3. The molecule has 0 saturated carbocycles. The summed E-state index contributed by atoms with van der Waals surface area (Å²) in [5.41, 5.74) is 0. The van der Waals surface area contributed by atoms with Crippen LogP contribution in [-0.4, -0.2) is 24.3 Å². The summed E-state index contributed by atoms with van der Waals surface area (Å²) in [4.78, 5) is 1.40. The highest BCUT2D eigenvalue weighted by Crippen LogP contribution is 2.07. The fourth-order valence-electron chi connectivity index (χ4n) is 0.977. The van der Waals surface area contributed by atoms with Crippen LogP contribution >= 0.6 is 11.3 Å². The monoisotopic (exact) mass is 185 g/mol. The molecule has 0 fully saturated rings. The molecule has 1 aromatic rings. The molecule has 2 N–H and O–H groups in total. The van der Waals surface area contributed by atoms with Gasteiger partial charge >= 0.3 is 0 Å². The Labute approximate surface area is 77.2 Å². The molecule has 0 amide bonds. The molecule has 68 valence electrons. The molecule has 12 heavy (non-hydrogen) atoms. The second-order valence-electron chi connectivity index (χ2n) is 2.88. The lowest BCUT2D eigenvalue weighted by molar-refractivity contribution is 0.192. The van der Waals surface area contributed by atoms with E-state index in [-0.39, 0.29) is 6.10 Å². The van der Waals surface area contributed by atoms with E-state index >= 15 is 0 Å². The van der Waals surface area contributed by atoms with Crippen LogP contribution in [0.2, 0.25) is 0 Å². The number of thiophene rings is 1. The van der Waals surface area contributed by atoms with Gasteiger partial charge in [-0.05, 0) is 24.8 Å². The number of hydrogen-bond donors (Lipinski definition) is 2. The minimum absolute atomic E-state index is 0.242. The predicted molar refractivity (Wildman–Crippen MR) is 52.6 cm³/mol. The van der Waals surface area contributed by atoms with Crippen LogP contribution in [0.15, 0.2) is 17.5 Å². The van der Waals surface area contributed by atoms with Crippen molar-refractivity contribution in [1.82, 2.24) is 5.32 Å². The van der Waals surface area contributed by atoms with Crippen molar-refractivity contribution in [2.24, 2.45) is 0 Å². The van der Waals surface area contributed by atoms with Crippen molar-refractivity contribution in [3.05, 3.63) is 22.4 Å². The van der Waals surface area contributed by atoms with Gasteiger partial charge in [-0.25, -0.2) is 0 Å². The van der Waals surface area contributed by atoms with E-state index in [4.69, 9.17) is 5.11 Å². The Morgan fingerprint density at radius 2 is 2.50 bits per heavy atom. The van der Waals surface area contributed by atoms with Crippen molar-refractivity contribution < 1.29 is 5.11 Å². The number of aliphatic hydroxyl groups is 1. The summed E-state index contributed by atoms with van der Waals surface area (Å²) in [5, 5.41) is 14.2. The van der Waals surface area contributed by atoms with Gasteiger partial charge in [0, 0.05) is 18.0 Å². The van der Waals surface area contributed by atoms with Crippen molar-refractivity contribution in [2.45, 2.75) is 19.4 Å². The molecule has 0 spiro atoms. The van der Waals surface area contributed by atoms with E-state index in [0.717, 1.165) is 13.0 Å². The van der Waals surface area contributed by atoms with Crippen LogP contribution in [-0.2, 0) is 6.42 Å². The van der Waals surface area contributed by atoms with Gasteiger partial charge in [-0.3, -0.25) is 0 Å². The maximum Gasteiger partial charge on any atom is 0.0636 e. The average Bonchev–Trinajstić information content (AvgIpc) is 2.49. The molecule has 0 radical (unpaired) electrons. The van der Waals surface area contributed by atoms with Gasteiger partial charge in [-0.1, -0.05) is 6.07 Å². The Hall–Kier alpha value is -0.380. The summed E-state index contributed by atoms with van der Waals surface area (Å²) >= 11 is 1.78. The van der Waals surface area contributed by atoms with Crippen LogP contribution in [0.1, 0.15) is 11.8 Å². The SMILES string of the molecule is CC(O)CNCCc1cccs1. The molecule has 0 aliphatic carbocycles. The van der Waals surface area contributed by atoms with Gasteiger partial charge in [-0.15, -0.1) is 11.3 Å². The highest BCUT2D eigenvalue weighted by atomic mass is 32.1. The van der Waals surface area contributed by atoms with Crippen molar-refractivity contribution in [3.63, 3.8) is 0 Å². The molecule has 0 aromatic carbocycles. The molecule has 1 unspecified atom stereocenters. The topological polar surface area (TPSA) is 32.3 Å². The second-order valence-corrected chi connectivity index (χ2v) is 3.91. The Kier molecular flexibility index (Phi) is 4.29. The molecule has 1 atom stereocenters. The first-order valence-electron chi connectivity index (χ1n) is 4.20. The minimum atomic E-state index is -0.242. The maximum absolute atomic E-state index is 8.95. The zero-order valence-electron chi connectivity index (χ0n) is 7.29. The predicted octanol–water partition coefficient (Wildman–Crippen LogP) is 1.26. The van der Waals surface area contributed by atoms with Crippen LogP contribution in [0.25, 0.3) is 0 Å². The van der Waals surface area contributed by atoms with E-state index in [1.165, 1.54) is 4.88 Å². The molecular weight excluding hydrogens is 170 g/mol. The molecule has 1 heterocycles. The third-order valence-electron chi connectivity index (χ3n) is 1.57. The largest absolute Gasteiger partial charge is 0.392 e. The molecule has 3 heteroatoms. The van der Waals surface area contributed by atoms with Gasteiger partial charge < -0.3 is 10.4 Å². The van der Waals surface area contributed by atoms with Crippen LogP contribution in [0.4, 0.5) is 0 Å². The number of aliphatic hydroxyl groups excluding tert-OH is 1. The molecule has 0 aliphatic heterocycles. The van der Waals surface area contributed by atoms with Crippen molar-refractivity contribution >= 4 is 11.3 Å². The number of nitrogens with one attached hydrogen (secondary N) is 1. The Bertz CT molecular complexity index is 196. The van der Waals surface area contributed by atoms with Crippen LogP contribution < -0.4 is 5.32 Å². The summed E-state index contributed by atoms with van der Waals surface area (Å²) in [6.45, 7) is 3.43. The molecule has 1 aromatic heterocycles. The molecule has 0 bridgehead atoms. The minimum Gasteiger partial charge on any atom is -0.392 e. The van der Waals surface area contributed by atoms with Gasteiger partial charge in [0.05, 0.1) is 6.10 Å². The second kappa shape index (κ2) is 5.30. The first-order chi connectivity index (χ1) is 5.79. The van der Waals surface area contributed by atoms with E-state index in [1.807, 2.05) is 0 Å². The maximum atomic E-state index is 8.95. The smallest absolute Gasteiger partial charge is 0.0636 e. The highest BCUT2D eigenvalue weighted by Gasteiger charge is 1.95. The first-order valence-corrected chi connectivity index (χ1v) is 5.08. The summed E-state index contributed by atoms with van der Waals surface area (Å²) < 4.78 is 0. The van der Waals surface area contributed by atoms with Crippen molar-refractivity contribution in [1.29, 1.82) is 0 Å². The average molecular weight is 185 g/mol. The lowest BCUT2D eigenvalue weighted by atomic mass is 10.3. The lowest BCUT2D eigenvalue weighted by Gasteiger charge is -2.04. The van der Waals surface area contributed by atoms with Crippen LogP contribution in [0, 0.1) is 0 Å². The summed E-state index contributed by atoms with van der Waals surface area (Å²) in [5.74, 6) is 0. The fourth-order valence-corrected chi connectivity index (χ4v) is 1.69. The van der Waals surface area contributed by atoms with E-state index in [1.54, 1.807) is 18.3 Å². The zero-order valence-corrected chi connectivity index (χ0v) is 8.10. The third kappa shape index (κ3) is 3.85. The van der Waals surface area contributed by atoms with E-state index in [0.29, 0.717) is 6.54 Å². The Morgan fingerprint density at radius 3 is 3.08 bits per heavy atom. The van der Waals surface area contributed by atoms with Gasteiger partial charge in [0.1, 0.15) is 0 Å². The van der Waals surface area contributed by atoms with Gasteiger partial charge in [0.2, 0.25) is 0 Å². The van der Waals surface area contributed by atoms with Crippen molar-refractivity contribution in [2.75, 3.05) is 13.1 Å². The van der Waals surface area contributed by atoms with E-state index in [2.05, 4.69) is 22.8 Å². The Balaban J connectivity index is 2.04. The first kappa shape index (κ1) is 9.71. The highest BCUT2D eigenvalue weighted by molar-refractivity contribution is 7.09. The van der Waals surface area contributed by atoms with Gasteiger partial charge in [0.25, 0.3) is 0 Å². The molecule has 0 saturated heterocycles. The standard InChI is InChI=1S/C9H15NOS/c1-8(11)7-10-5-4-9-3-2-6-12-9/h2-3,6,8,10-11H,4-5,7H2,1H3. The Morgan fingerprint density at radius 1 is 1.67 bits per heavy atom. The fraction of sp³-hybridized carbons (Fsp3) is 0.556. The number of rotatable bonds is 5. The quantitative estimate of drug-likeness (QED) is 0.677. The van der Waals surface area contributed by atoms with Crippen LogP contribution in [0.3, 0.4) is 0 Å². The summed E-state index contributed by atoms with van der Waals surface area (Å²) in [6, 6.07) is 4.20. The molecule has 2 nitrogen and oxygen atoms in total. The third-order valence-corrected chi connectivity index (χ3v) is 2.50. The van der Waals surface area contributed by atoms with Gasteiger partial charge in [-0.2, -0.15) is 0 Å². The normalized spacial score (nSPS) is 13.2. The van der Waals surface area contributed by atoms with E-state index < -0.39 is 0 Å².